The number of benzene rings is 2. The van der Waals surface area contributed by atoms with Crippen LogP contribution in [0.3, 0.4) is 0 Å². The molecule has 0 N–H and O–H groups in total. The maximum absolute atomic E-state index is 13.2. The molecule has 3 heterocycles. The number of halogens is 3. The number of hydrogen-bond acceptors (Lipinski definition) is 4. The van der Waals surface area contributed by atoms with Crippen LogP contribution in [0.1, 0.15) is 47.2 Å². The summed E-state index contributed by atoms with van der Waals surface area (Å²) < 4.78 is 46.3. The number of aromatic nitrogens is 3. The van der Waals surface area contributed by atoms with Crippen LogP contribution < -0.4 is 0 Å². The Morgan fingerprint density at radius 1 is 1.03 bits per heavy atom. The SMILES string of the molecule is O=C(OCC1c2ccccc2-c2ccccc21)N1C[C@@H]2C[C@H]1c1nnc(C(F)(F)F)n12. The van der Waals surface area contributed by atoms with Gasteiger partial charge in [0.2, 0.25) is 5.82 Å². The number of rotatable bonds is 2. The van der Waals surface area contributed by atoms with Crippen LogP contribution in [-0.4, -0.2) is 38.9 Å². The zero-order valence-corrected chi connectivity index (χ0v) is 16.2. The van der Waals surface area contributed by atoms with E-state index in [1.165, 1.54) is 4.90 Å². The van der Waals surface area contributed by atoms with Crippen molar-refractivity contribution in [1.29, 1.82) is 0 Å². The largest absolute Gasteiger partial charge is 0.451 e. The molecule has 158 valence electrons. The number of amides is 1. The fraction of sp³-hybridized carbons (Fsp3) is 0.318. The van der Waals surface area contributed by atoms with Crippen molar-refractivity contribution in [2.45, 2.75) is 30.6 Å². The smallest absolute Gasteiger partial charge is 0.448 e. The Bertz CT molecular complexity index is 1160. The molecule has 0 unspecified atom stereocenters. The summed E-state index contributed by atoms with van der Waals surface area (Å²) >= 11 is 0. The number of carbonyl (C=O) groups excluding carboxylic acids is 1. The number of alkyl halides is 3. The molecule has 0 saturated carbocycles. The van der Waals surface area contributed by atoms with Crippen LogP contribution in [0.15, 0.2) is 48.5 Å². The van der Waals surface area contributed by atoms with Gasteiger partial charge in [-0.2, -0.15) is 13.2 Å². The van der Waals surface area contributed by atoms with Gasteiger partial charge in [-0.05, 0) is 28.7 Å². The normalized spacial score (nSPS) is 21.2. The highest BCUT2D eigenvalue weighted by molar-refractivity contribution is 5.79. The number of fused-ring (bicyclic) bond motifs is 8. The second kappa shape index (κ2) is 6.32. The Hall–Kier alpha value is -3.36. The minimum atomic E-state index is -4.57. The van der Waals surface area contributed by atoms with E-state index < -0.39 is 30.2 Å². The third-order valence-corrected chi connectivity index (χ3v) is 6.49. The number of nitrogens with zero attached hydrogens (tertiary/aromatic N) is 4. The van der Waals surface area contributed by atoms with Crippen molar-refractivity contribution in [3.8, 4) is 11.1 Å². The van der Waals surface area contributed by atoms with Crippen LogP contribution in [0.25, 0.3) is 11.1 Å². The first-order valence-electron chi connectivity index (χ1n) is 10.1. The van der Waals surface area contributed by atoms with Gasteiger partial charge in [0, 0.05) is 12.5 Å². The summed E-state index contributed by atoms with van der Waals surface area (Å²) in [6.07, 6.45) is -4.69. The van der Waals surface area contributed by atoms with Crippen molar-refractivity contribution in [2.24, 2.45) is 0 Å². The zero-order chi connectivity index (χ0) is 21.3. The average molecular weight is 426 g/mol. The Kier molecular flexibility index (Phi) is 3.75. The third kappa shape index (κ3) is 2.62. The molecule has 1 amide bonds. The van der Waals surface area contributed by atoms with Gasteiger partial charge in [-0.15, -0.1) is 10.2 Å². The first-order chi connectivity index (χ1) is 14.9. The lowest BCUT2D eigenvalue weighted by atomic mass is 9.98. The van der Waals surface area contributed by atoms with E-state index in [4.69, 9.17) is 4.74 Å². The van der Waals surface area contributed by atoms with Crippen LogP contribution in [0.4, 0.5) is 18.0 Å². The molecule has 2 aliphatic heterocycles. The molecule has 1 saturated heterocycles. The highest BCUT2D eigenvalue weighted by atomic mass is 19.4. The van der Waals surface area contributed by atoms with Gasteiger partial charge in [-0.1, -0.05) is 48.5 Å². The van der Waals surface area contributed by atoms with Crippen LogP contribution in [-0.2, 0) is 10.9 Å². The van der Waals surface area contributed by atoms with Gasteiger partial charge in [0.05, 0.1) is 12.1 Å². The van der Waals surface area contributed by atoms with E-state index in [-0.39, 0.29) is 24.9 Å². The molecule has 2 atom stereocenters. The van der Waals surface area contributed by atoms with Crippen molar-refractivity contribution >= 4 is 6.09 Å². The molecule has 2 aromatic carbocycles. The second-order valence-electron chi connectivity index (χ2n) is 8.11. The first kappa shape index (κ1) is 18.4. The number of ether oxygens (including phenoxy) is 1. The van der Waals surface area contributed by atoms with Gasteiger partial charge in [0.1, 0.15) is 6.61 Å². The van der Waals surface area contributed by atoms with Crippen LogP contribution >= 0.6 is 0 Å². The third-order valence-electron chi connectivity index (χ3n) is 6.49. The molecule has 1 aliphatic carbocycles. The maximum Gasteiger partial charge on any atom is 0.451 e. The molecule has 1 aromatic heterocycles. The summed E-state index contributed by atoms with van der Waals surface area (Å²) in [5.41, 5.74) is 4.47. The van der Waals surface area contributed by atoms with Gasteiger partial charge >= 0.3 is 12.3 Å². The van der Waals surface area contributed by atoms with Crippen molar-refractivity contribution in [2.75, 3.05) is 13.2 Å². The predicted molar refractivity (Wildman–Crippen MR) is 103 cm³/mol. The van der Waals surface area contributed by atoms with Crippen LogP contribution in [0, 0.1) is 0 Å². The summed E-state index contributed by atoms with van der Waals surface area (Å²) in [5.74, 6) is -0.893. The summed E-state index contributed by atoms with van der Waals surface area (Å²) in [4.78, 5) is 14.3. The molecule has 1 fully saturated rings. The average Bonchev–Trinajstić information content (AvgIpc) is 3.50. The van der Waals surface area contributed by atoms with E-state index in [0.717, 1.165) is 26.8 Å². The van der Waals surface area contributed by atoms with Crippen LogP contribution in [0.5, 0.6) is 0 Å². The molecular weight excluding hydrogens is 409 g/mol. The highest BCUT2D eigenvalue weighted by Gasteiger charge is 2.52. The Morgan fingerprint density at radius 2 is 1.68 bits per heavy atom. The predicted octanol–water partition coefficient (Wildman–Crippen LogP) is 4.55. The van der Waals surface area contributed by atoms with Gasteiger partial charge in [-0.25, -0.2) is 4.79 Å². The molecule has 6 rings (SSSR count). The molecule has 31 heavy (non-hydrogen) atoms. The highest BCUT2D eigenvalue weighted by Crippen LogP contribution is 2.48. The molecule has 0 spiro atoms. The van der Waals surface area contributed by atoms with E-state index >= 15 is 0 Å². The van der Waals surface area contributed by atoms with E-state index in [2.05, 4.69) is 22.3 Å². The van der Waals surface area contributed by atoms with Gasteiger partial charge in [-0.3, -0.25) is 4.90 Å². The molecule has 9 heteroatoms. The quantitative estimate of drug-likeness (QED) is 0.603. The van der Waals surface area contributed by atoms with E-state index in [1.54, 1.807) is 0 Å². The zero-order valence-electron chi connectivity index (χ0n) is 16.2. The van der Waals surface area contributed by atoms with E-state index in [0.29, 0.717) is 6.42 Å². The van der Waals surface area contributed by atoms with Crippen molar-refractivity contribution in [3.05, 3.63) is 71.3 Å². The summed E-state index contributed by atoms with van der Waals surface area (Å²) in [7, 11) is 0. The van der Waals surface area contributed by atoms with Gasteiger partial charge < -0.3 is 9.30 Å². The number of likely N-dealkylation sites (tertiary alicyclic amines) is 1. The lowest BCUT2D eigenvalue weighted by Gasteiger charge is -2.27. The number of hydrogen-bond donors (Lipinski definition) is 0. The minimum absolute atomic E-state index is 0.0726. The molecule has 0 radical (unpaired) electrons. The van der Waals surface area contributed by atoms with Crippen LogP contribution in [0.2, 0.25) is 0 Å². The van der Waals surface area contributed by atoms with Gasteiger partial charge in [0.15, 0.2) is 5.82 Å². The fourth-order valence-corrected chi connectivity index (χ4v) is 5.21. The lowest BCUT2D eigenvalue weighted by molar-refractivity contribution is -0.148. The molecular formula is C22H17F3N4O2. The number of carbonyl (C=O) groups is 1. The molecule has 3 aliphatic rings. The van der Waals surface area contributed by atoms with E-state index in [9.17, 15) is 18.0 Å². The topological polar surface area (TPSA) is 60.2 Å². The fourth-order valence-electron chi connectivity index (χ4n) is 5.21. The van der Waals surface area contributed by atoms with Crippen molar-refractivity contribution in [3.63, 3.8) is 0 Å². The lowest BCUT2D eigenvalue weighted by Crippen LogP contribution is -2.37. The second-order valence-corrected chi connectivity index (χ2v) is 8.11. The minimum Gasteiger partial charge on any atom is -0.448 e. The Balaban J connectivity index is 1.21. The molecule has 2 bridgehead atoms. The first-order valence-corrected chi connectivity index (χ1v) is 10.1. The summed E-state index contributed by atoms with van der Waals surface area (Å²) in [6, 6.07) is 15.1. The standard InChI is InChI=1S/C22H17F3N4O2/c23-22(24,25)20-27-26-19-18-9-12(29(19)20)10-28(18)21(30)31-11-17-15-7-3-1-5-13(15)14-6-2-4-8-16(14)17/h1-8,12,17-18H,9-11H2/t12-,18-/m0/s1. The maximum atomic E-state index is 13.2. The summed E-state index contributed by atoms with van der Waals surface area (Å²) in [5, 5.41) is 7.03. The van der Waals surface area contributed by atoms with E-state index in [1.807, 2.05) is 36.4 Å². The van der Waals surface area contributed by atoms with Crippen molar-refractivity contribution < 1.29 is 22.7 Å². The Labute approximate surface area is 175 Å². The monoisotopic (exact) mass is 426 g/mol. The Morgan fingerprint density at radius 3 is 2.32 bits per heavy atom. The van der Waals surface area contributed by atoms with Gasteiger partial charge in [0.25, 0.3) is 0 Å². The summed E-state index contributed by atoms with van der Waals surface area (Å²) in [6.45, 7) is 0.330. The molecule has 6 nitrogen and oxygen atoms in total. The molecule has 3 aromatic rings. The van der Waals surface area contributed by atoms with Crippen molar-refractivity contribution in [1.82, 2.24) is 19.7 Å².